The summed E-state index contributed by atoms with van der Waals surface area (Å²) in [5.74, 6) is -0.345. The number of aryl methyl sites for hydroxylation is 1. The highest BCUT2D eigenvalue weighted by atomic mass is 32.2. The number of nitrogens with one attached hydrogen (secondary N) is 1. The van der Waals surface area contributed by atoms with Crippen LogP contribution in [0, 0.1) is 0 Å². The van der Waals surface area contributed by atoms with Gasteiger partial charge < -0.3 is 5.32 Å². The fourth-order valence-electron chi connectivity index (χ4n) is 4.56. The summed E-state index contributed by atoms with van der Waals surface area (Å²) in [6, 6.07) is 15.2. The van der Waals surface area contributed by atoms with E-state index in [1.165, 1.54) is 4.31 Å². The van der Waals surface area contributed by atoms with Crippen LogP contribution < -0.4 is 9.62 Å². The van der Waals surface area contributed by atoms with E-state index in [0.29, 0.717) is 12.1 Å². The summed E-state index contributed by atoms with van der Waals surface area (Å²) in [5.41, 5.74) is 5.25. The number of amides is 1. The second-order valence-corrected chi connectivity index (χ2v) is 9.82. The van der Waals surface area contributed by atoms with Gasteiger partial charge in [0.15, 0.2) is 0 Å². The molecule has 154 valence electrons. The van der Waals surface area contributed by atoms with E-state index in [1.54, 1.807) is 0 Å². The molecule has 2 heterocycles. The highest BCUT2D eigenvalue weighted by molar-refractivity contribution is 7.92. The molecule has 0 bridgehead atoms. The Morgan fingerprint density at radius 3 is 2.73 bits per heavy atom. The Kier molecular flexibility index (Phi) is 4.70. The molecule has 7 heteroatoms. The van der Waals surface area contributed by atoms with Crippen LogP contribution in [0.4, 0.5) is 5.69 Å². The molecule has 0 spiro atoms. The maximum absolute atomic E-state index is 13.1. The molecule has 0 atom stereocenters. The van der Waals surface area contributed by atoms with Crippen molar-refractivity contribution in [3.8, 4) is 0 Å². The van der Waals surface area contributed by atoms with Crippen LogP contribution >= 0.6 is 0 Å². The molecular weight excluding hydrogens is 398 g/mol. The van der Waals surface area contributed by atoms with E-state index in [0.717, 1.165) is 59.1 Å². The minimum atomic E-state index is -3.50. The number of fused-ring (bicyclic) bond motifs is 3. The van der Waals surface area contributed by atoms with Crippen molar-refractivity contribution in [3.63, 3.8) is 0 Å². The summed E-state index contributed by atoms with van der Waals surface area (Å²) in [5, 5.41) is 3.68. The normalized spacial score (nSPS) is 15.3. The van der Waals surface area contributed by atoms with Crippen LogP contribution in [0.25, 0.3) is 10.9 Å². The second-order valence-electron chi connectivity index (χ2n) is 7.81. The Bertz CT molecular complexity index is 1250. The monoisotopic (exact) mass is 421 g/mol. The van der Waals surface area contributed by atoms with E-state index in [2.05, 4.69) is 5.32 Å². The van der Waals surface area contributed by atoms with Gasteiger partial charge in [0, 0.05) is 24.2 Å². The van der Waals surface area contributed by atoms with Gasteiger partial charge in [0.2, 0.25) is 10.0 Å². The number of anilines is 1. The van der Waals surface area contributed by atoms with Gasteiger partial charge in [-0.3, -0.25) is 14.1 Å². The number of carbonyl (C=O) groups excluding carboxylic acids is 1. The van der Waals surface area contributed by atoms with Crippen molar-refractivity contribution in [1.29, 1.82) is 0 Å². The van der Waals surface area contributed by atoms with E-state index < -0.39 is 10.0 Å². The van der Waals surface area contributed by atoms with Crippen molar-refractivity contribution < 1.29 is 13.2 Å². The molecule has 30 heavy (non-hydrogen) atoms. The third-order valence-electron chi connectivity index (χ3n) is 5.97. The van der Waals surface area contributed by atoms with Gasteiger partial charge in [-0.1, -0.05) is 36.4 Å². The third kappa shape index (κ3) is 3.23. The molecule has 1 N–H and O–H groups in total. The Balaban J connectivity index is 1.34. The number of nitrogens with zero attached hydrogens (tertiary/aromatic N) is 2. The number of benzene rings is 2. The number of para-hydroxylation sites is 2. The average Bonchev–Trinajstić information content (AvgIpc) is 3.38. The Morgan fingerprint density at radius 2 is 1.83 bits per heavy atom. The van der Waals surface area contributed by atoms with Crippen LogP contribution in [0.5, 0.6) is 0 Å². The zero-order valence-electron chi connectivity index (χ0n) is 16.6. The number of aromatic nitrogens is 1. The van der Waals surface area contributed by atoms with Gasteiger partial charge in [0.05, 0.1) is 22.5 Å². The van der Waals surface area contributed by atoms with Crippen LogP contribution in [0.3, 0.4) is 0 Å². The predicted molar refractivity (Wildman–Crippen MR) is 117 cm³/mol. The van der Waals surface area contributed by atoms with Gasteiger partial charge in [-0.15, -0.1) is 0 Å². The van der Waals surface area contributed by atoms with Gasteiger partial charge in [-0.05, 0) is 48.9 Å². The minimum Gasteiger partial charge on any atom is -0.351 e. The summed E-state index contributed by atoms with van der Waals surface area (Å²) in [4.78, 5) is 17.8. The lowest BCUT2D eigenvalue weighted by molar-refractivity contribution is 0.0957. The quantitative estimate of drug-likeness (QED) is 0.687. The van der Waals surface area contributed by atoms with Crippen molar-refractivity contribution in [2.75, 3.05) is 23.1 Å². The van der Waals surface area contributed by atoms with Crippen LogP contribution in [0.1, 0.15) is 33.6 Å². The molecule has 2 aliphatic rings. The van der Waals surface area contributed by atoms with Crippen LogP contribution in [0.2, 0.25) is 0 Å². The van der Waals surface area contributed by atoms with Gasteiger partial charge >= 0.3 is 0 Å². The predicted octanol–water partition coefficient (Wildman–Crippen LogP) is 2.85. The average molecular weight is 422 g/mol. The largest absolute Gasteiger partial charge is 0.351 e. The molecule has 1 aliphatic carbocycles. The number of sulfonamides is 1. The minimum absolute atomic E-state index is 0.0747. The van der Waals surface area contributed by atoms with Crippen LogP contribution in [-0.2, 0) is 29.3 Å². The van der Waals surface area contributed by atoms with E-state index in [1.807, 2.05) is 48.5 Å². The van der Waals surface area contributed by atoms with E-state index in [-0.39, 0.29) is 18.2 Å². The Morgan fingerprint density at radius 1 is 1.03 bits per heavy atom. The van der Waals surface area contributed by atoms with Crippen molar-refractivity contribution in [1.82, 2.24) is 10.3 Å². The molecule has 3 aromatic rings. The molecule has 0 unspecified atom stereocenters. The van der Waals surface area contributed by atoms with Gasteiger partial charge in [0.1, 0.15) is 0 Å². The topological polar surface area (TPSA) is 79.4 Å². The fourth-order valence-corrected chi connectivity index (χ4v) is 5.99. The van der Waals surface area contributed by atoms with Crippen molar-refractivity contribution in [2.45, 2.75) is 25.7 Å². The smallest absolute Gasteiger partial charge is 0.252 e. The fraction of sp³-hybridized carbons (Fsp3) is 0.304. The SMILES string of the molecule is O=C(NCCS(=O)(=O)N1CCc2ccccc21)c1c2c(nc3ccccc13)CCC2. The first kappa shape index (κ1) is 19.1. The lowest BCUT2D eigenvalue weighted by atomic mass is 10.0. The summed E-state index contributed by atoms with van der Waals surface area (Å²) in [7, 11) is -3.50. The molecule has 0 radical (unpaired) electrons. The third-order valence-corrected chi connectivity index (χ3v) is 7.74. The van der Waals surface area contributed by atoms with Crippen LogP contribution in [0.15, 0.2) is 48.5 Å². The summed E-state index contributed by atoms with van der Waals surface area (Å²) < 4.78 is 27.2. The Hall–Kier alpha value is -2.93. The number of hydrogen-bond acceptors (Lipinski definition) is 4. The first-order valence-corrected chi connectivity index (χ1v) is 11.9. The molecule has 1 aromatic heterocycles. The first-order valence-electron chi connectivity index (χ1n) is 10.3. The highest BCUT2D eigenvalue weighted by Crippen LogP contribution is 2.31. The standard InChI is InChI=1S/C23H23N3O3S/c27-23(22-17-7-2-3-9-19(17)25-20-10-5-8-18(20)22)24-13-15-30(28,29)26-14-12-16-6-1-4-11-21(16)26/h1-4,6-7,9,11H,5,8,10,12-15H2,(H,24,27). The number of rotatable bonds is 5. The lowest BCUT2D eigenvalue weighted by Gasteiger charge is -2.20. The van der Waals surface area contributed by atoms with E-state index >= 15 is 0 Å². The van der Waals surface area contributed by atoms with Gasteiger partial charge in [-0.25, -0.2) is 8.42 Å². The maximum atomic E-state index is 13.1. The number of hydrogen-bond donors (Lipinski definition) is 1. The molecule has 5 rings (SSSR count). The molecule has 2 aromatic carbocycles. The molecule has 0 saturated carbocycles. The van der Waals surface area contributed by atoms with Gasteiger partial charge in [0.25, 0.3) is 5.91 Å². The summed E-state index contributed by atoms with van der Waals surface area (Å²) in [6.45, 7) is 0.531. The maximum Gasteiger partial charge on any atom is 0.252 e. The summed E-state index contributed by atoms with van der Waals surface area (Å²) >= 11 is 0. The van der Waals surface area contributed by atoms with Gasteiger partial charge in [-0.2, -0.15) is 0 Å². The molecular formula is C23H23N3O3S. The zero-order valence-corrected chi connectivity index (χ0v) is 17.4. The van der Waals surface area contributed by atoms with Crippen LogP contribution in [-0.4, -0.2) is 38.2 Å². The molecule has 1 amide bonds. The second kappa shape index (κ2) is 7.40. The van der Waals surface area contributed by atoms with E-state index in [9.17, 15) is 13.2 Å². The molecule has 6 nitrogen and oxygen atoms in total. The molecule has 1 aliphatic heterocycles. The zero-order chi connectivity index (χ0) is 20.7. The molecule has 0 fully saturated rings. The highest BCUT2D eigenvalue weighted by Gasteiger charge is 2.29. The lowest BCUT2D eigenvalue weighted by Crippen LogP contribution is -2.37. The van der Waals surface area contributed by atoms with E-state index in [4.69, 9.17) is 4.98 Å². The Labute approximate surface area is 176 Å². The first-order chi connectivity index (χ1) is 14.5. The molecule has 0 saturated heterocycles. The van der Waals surface area contributed by atoms with Crippen molar-refractivity contribution in [2.24, 2.45) is 0 Å². The number of carbonyl (C=O) groups is 1. The number of pyridine rings is 1. The summed E-state index contributed by atoms with van der Waals surface area (Å²) in [6.07, 6.45) is 3.42. The van der Waals surface area contributed by atoms with Crippen molar-refractivity contribution >= 4 is 32.5 Å². The van der Waals surface area contributed by atoms with Crippen molar-refractivity contribution in [3.05, 3.63) is 70.9 Å².